The third-order valence-electron chi connectivity index (χ3n) is 4.95. The number of hydrogen-bond donors (Lipinski definition) is 0. The summed E-state index contributed by atoms with van der Waals surface area (Å²) in [6.07, 6.45) is 5.41. The summed E-state index contributed by atoms with van der Waals surface area (Å²) >= 11 is 0. The van der Waals surface area contributed by atoms with Crippen molar-refractivity contribution in [2.75, 3.05) is 6.54 Å². The normalized spacial score (nSPS) is 17.8. The van der Waals surface area contributed by atoms with Gasteiger partial charge < -0.3 is 4.90 Å². The second-order valence-electron chi connectivity index (χ2n) is 6.38. The maximum atomic E-state index is 13.1. The molecule has 1 fully saturated rings. The van der Waals surface area contributed by atoms with Gasteiger partial charge in [-0.2, -0.15) is 5.10 Å². The molecule has 3 aromatic heterocycles. The predicted octanol–water partition coefficient (Wildman–Crippen LogP) is 2.06. The van der Waals surface area contributed by atoms with Crippen molar-refractivity contribution >= 4 is 11.6 Å². The summed E-state index contributed by atoms with van der Waals surface area (Å²) < 4.78 is 3.67. The molecule has 0 N–H and O–H groups in total. The van der Waals surface area contributed by atoms with Gasteiger partial charge in [0.1, 0.15) is 6.33 Å². The van der Waals surface area contributed by atoms with E-state index in [0.717, 1.165) is 36.4 Å². The van der Waals surface area contributed by atoms with Gasteiger partial charge in [0, 0.05) is 31.0 Å². The van der Waals surface area contributed by atoms with Crippen molar-refractivity contribution in [2.24, 2.45) is 7.05 Å². The summed E-state index contributed by atoms with van der Waals surface area (Å²) in [7, 11) is 1.95. The zero-order valence-corrected chi connectivity index (χ0v) is 14.1. The fraction of sp³-hybridized carbons (Fsp3) is 0.412. The Kier molecular flexibility index (Phi) is 3.37. The Labute approximate surface area is 139 Å². The fourth-order valence-corrected chi connectivity index (χ4v) is 3.70. The molecule has 1 aliphatic heterocycles. The van der Waals surface area contributed by atoms with Gasteiger partial charge >= 0.3 is 0 Å². The number of carbonyl (C=O) groups is 1. The quantitative estimate of drug-likeness (QED) is 0.723. The van der Waals surface area contributed by atoms with E-state index >= 15 is 0 Å². The number of likely N-dealkylation sites (tertiary alicyclic amines) is 1. The van der Waals surface area contributed by atoms with E-state index in [-0.39, 0.29) is 11.9 Å². The highest BCUT2D eigenvalue weighted by atomic mass is 16.2. The number of rotatable bonds is 2. The molecule has 0 aliphatic carbocycles. The highest BCUT2D eigenvalue weighted by Crippen LogP contribution is 2.36. The summed E-state index contributed by atoms with van der Waals surface area (Å²) in [5, 5.41) is 12.4. The first kappa shape index (κ1) is 14.9. The molecule has 124 valence electrons. The maximum Gasteiger partial charge on any atom is 0.255 e. The molecule has 0 bridgehead atoms. The summed E-state index contributed by atoms with van der Waals surface area (Å²) in [5.41, 5.74) is 4.73. The average Bonchev–Trinajstić information content (AvgIpc) is 3.26. The Hall–Kier alpha value is -2.70. The van der Waals surface area contributed by atoms with Crippen LogP contribution in [0.15, 0.2) is 24.7 Å². The van der Waals surface area contributed by atoms with Gasteiger partial charge in [0.15, 0.2) is 5.65 Å². The van der Waals surface area contributed by atoms with Crippen LogP contribution in [0.4, 0.5) is 0 Å². The van der Waals surface area contributed by atoms with Crippen molar-refractivity contribution in [3.05, 3.63) is 47.2 Å². The van der Waals surface area contributed by atoms with Crippen molar-refractivity contribution in [3.63, 3.8) is 0 Å². The van der Waals surface area contributed by atoms with Crippen LogP contribution >= 0.6 is 0 Å². The van der Waals surface area contributed by atoms with Gasteiger partial charge in [-0.05, 0) is 38.8 Å². The van der Waals surface area contributed by atoms with Crippen LogP contribution in [-0.4, -0.2) is 41.7 Å². The zero-order valence-electron chi connectivity index (χ0n) is 14.1. The topological polar surface area (TPSA) is 68.3 Å². The van der Waals surface area contributed by atoms with Crippen LogP contribution in [0.25, 0.3) is 5.65 Å². The molecule has 1 aliphatic rings. The van der Waals surface area contributed by atoms with E-state index in [2.05, 4.69) is 22.2 Å². The van der Waals surface area contributed by atoms with Crippen LogP contribution in [0, 0.1) is 13.8 Å². The Morgan fingerprint density at radius 2 is 2.12 bits per heavy atom. The third-order valence-corrected chi connectivity index (χ3v) is 4.95. The Morgan fingerprint density at radius 3 is 2.88 bits per heavy atom. The first-order valence-electron chi connectivity index (χ1n) is 8.16. The molecule has 0 aromatic carbocycles. The van der Waals surface area contributed by atoms with Gasteiger partial charge in [-0.15, -0.1) is 10.2 Å². The number of carbonyl (C=O) groups excluding carboxylic acids is 1. The average molecular weight is 324 g/mol. The molecule has 1 amide bonds. The lowest BCUT2D eigenvalue weighted by Crippen LogP contribution is -2.31. The van der Waals surface area contributed by atoms with Crippen LogP contribution < -0.4 is 0 Å². The van der Waals surface area contributed by atoms with E-state index in [4.69, 9.17) is 0 Å². The van der Waals surface area contributed by atoms with Crippen molar-refractivity contribution in [3.8, 4) is 0 Å². The molecule has 1 atom stereocenters. The smallest absolute Gasteiger partial charge is 0.255 e. The SMILES string of the molecule is Cc1nn(C)c(C)c1[C@H]1CCCN1C(=O)c1ccc2nncn2c1. The van der Waals surface area contributed by atoms with E-state index in [0.29, 0.717) is 5.56 Å². The Balaban J connectivity index is 1.70. The van der Waals surface area contributed by atoms with Crippen LogP contribution in [0.2, 0.25) is 0 Å². The second kappa shape index (κ2) is 5.43. The molecule has 7 nitrogen and oxygen atoms in total. The van der Waals surface area contributed by atoms with Crippen molar-refractivity contribution in [2.45, 2.75) is 32.7 Å². The fourth-order valence-electron chi connectivity index (χ4n) is 3.70. The van der Waals surface area contributed by atoms with Crippen molar-refractivity contribution in [1.29, 1.82) is 0 Å². The van der Waals surface area contributed by atoms with Gasteiger partial charge in [-0.25, -0.2) is 0 Å². The standard InChI is InChI=1S/C17H20N6O/c1-11-16(12(2)21(3)20-11)14-5-4-8-23(14)17(24)13-6-7-15-19-18-10-22(15)9-13/h6-7,9-10,14H,4-5,8H2,1-3H3/t14-/m1/s1. The van der Waals surface area contributed by atoms with Crippen molar-refractivity contribution in [1.82, 2.24) is 29.3 Å². The molecule has 0 radical (unpaired) electrons. The molecule has 4 heterocycles. The first-order chi connectivity index (χ1) is 11.6. The Morgan fingerprint density at radius 1 is 1.29 bits per heavy atom. The molecule has 4 rings (SSSR count). The molecule has 24 heavy (non-hydrogen) atoms. The summed E-state index contributed by atoms with van der Waals surface area (Å²) in [6.45, 7) is 4.86. The number of aromatic nitrogens is 5. The lowest BCUT2D eigenvalue weighted by atomic mass is 10.0. The van der Waals surface area contributed by atoms with Crippen molar-refractivity contribution < 1.29 is 4.79 Å². The molecular weight excluding hydrogens is 304 g/mol. The number of aryl methyl sites for hydroxylation is 2. The third kappa shape index (κ3) is 2.19. The van der Waals surface area contributed by atoms with Gasteiger partial charge in [0.05, 0.1) is 17.3 Å². The minimum atomic E-state index is 0.0516. The molecular formula is C17H20N6O. The lowest BCUT2D eigenvalue weighted by molar-refractivity contribution is 0.0734. The van der Waals surface area contributed by atoms with E-state index < -0.39 is 0 Å². The minimum Gasteiger partial charge on any atom is -0.331 e. The molecule has 1 saturated heterocycles. The Bertz CT molecular complexity index is 924. The lowest BCUT2D eigenvalue weighted by Gasteiger charge is -2.25. The molecule has 7 heteroatoms. The van der Waals surface area contributed by atoms with Gasteiger partial charge in [0.2, 0.25) is 0 Å². The van der Waals surface area contributed by atoms with Gasteiger partial charge in [0.25, 0.3) is 5.91 Å². The first-order valence-corrected chi connectivity index (χ1v) is 8.16. The van der Waals surface area contributed by atoms with Crippen LogP contribution in [0.5, 0.6) is 0 Å². The molecule has 3 aromatic rings. The minimum absolute atomic E-state index is 0.0516. The number of pyridine rings is 1. The van der Waals surface area contributed by atoms with E-state index in [1.54, 1.807) is 16.9 Å². The van der Waals surface area contributed by atoms with Crippen LogP contribution in [-0.2, 0) is 7.05 Å². The van der Waals surface area contributed by atoms with E-state index in [1.807, 2.05) is 35.7 Å². The highest BCUT2D eigenvalue weighted by molar-refractivity contribution is 5.94. The second-order valence-corrected chi connectivity index (χ2v) is 6.38. The largest absolute Gasteiger partial charge is 0.331 e. The maximum absolute atomic E-state index is 13.1. The number of nitrogens with zero attached hydrogens (tertiary/aromatic N) is 6. The number of amides is 1. The van der Waals surface area contributed by atoms with Gasteiger partial charge in [-0.3, -0.25) is 13.9 Å². The summed E-state index contributed by atoms with van der Waals surface area (Å²) in [5.74, 6) is 0.0516. The predicted molar refractivity (Wildman–Crippen MR) is 88.7 cm³/mol. The van der Waals surface area contributed by atoms with E-state index in [9.17, 15) is 4.79 Å². The highest BCUT2D eigenvalue weighted by Gasteiger charge is 2.34. The summed E-state index contributed by atoms with van der Waals surface area (Å²) in [4.78, 5) is 15.0. The monoisotopic (exact) mass is 324 g/mol. The van der Waals surface area contributed by atoms with Crippen LogP contribution in [0.1, 0.15) is 46.2 Å². The van der Waals surface area contributed by atoms with Crippen LogP contribution in [0.3, 0.4) is 0 Å². The summed E-state index contributed by atoms with van der Waals surface area (Å²) in [6, 6.07) is 3.75. The van der Waals surface area contributed by atoms with Gasteiger partial charge in [-0.1, -0.05) is 0 Å². The molecule has 0 saturated carbocycles. The molecule has 0 spiro atoms. The number of fused-ring (bicyclic) bond motifs is 1. The zero-order chi connectivity index (χ0) is 16.8. The van der Waals surface area contributed by atoms with E-state index in [1.165, 1.54) is 5.56 Å². The number of hydrogen-bond acceptors (Lipinski definition) is 4. The molecule has 0 unspecified atom stereocenters.